The van der Waals surface area contributed by atoms with E-state index >= 15 is 0 Å². The summed E-state index contributed by atoms with van der Waals surface area (Å²) in [5.41, 5.74) is 1.48. The molecular weight excluding hydrogens is 362 g/mol. The molecule has 1 aliphatic heterocycles. The monoisotopic (exact) mass is 385 g/mol. The van der Waals surface area contributed by atoms with Crippen molar-refractivity contribution in [1.29, 1.82) is 0 Å². The summed E-state index contributed by atoms with van der Waals surface area (Å²) >= 11 is 0. The van der Waals surface area contributed by atoms with Gasteiger partial charge in [0.15, 0.2) is 0 Å². The molecule has 0 spiro atoms. The first-order valence-corrected chi connectivity index (χ1v) is 9.12. The molecule has 0 saturated carbocycles. The van der Waals surface area contributed by atoms with Crippen LogP contribution < -0.4 is 20.3 Å². The van der Waals surface area contributed by atoms with Crippen LogP contribution in [0.5, 0.6) is 5.75 Å². The van der Waals surface area contributed by atoms with Crippen LogP contribution >= 0.6 is 0 Å². The van der Waals surface area contributed by atoms with E-state index in [1.807, 2.05) is 0 Å². The average molecular weight is 385 g/mol. The van der Waals surface area contributed by atoms with Crippen LogP contribution in [0.2, 0.25) is 0 Å². The first kappa shape index (κ1) is 19.5. The molecule has 3 amide bonds. The maximum Gasteiger partial charge on any atom is 0.255 e. The van der Waals surface area contributed by atoms with Crippen molar-refractivity contribution in [1.82, 2.24) is 5.32 Å². The van der Waals surface area contributed by atoms with Gasteiger partial charge < -0.3 is 24.7 Å². The number of hydrogen-bond acceptors (Lipinski definition) is 5. The van der Waals surface area contributed by atoms with Crippen LogP contribution in [0.15, 0.2) is 41.2 Å². The number of ether oxygens (including phenoxy) is 1. The van der Waals surface area contributed by atoms with Crippen molar-refractivity contribution >= 4 is 29.1 Å². The highest BCUT2D eigenvalue weighted by molar-refractivity contribution is 6.02. The molecule has 1 fully saturated rings. The summed E-state index contributed by atoms with van der Waals surface area (Å²) in [6, 6.07) is 5.88. The lowest BCUT2D eigenvalue weighted by Gasteiger charge is -2.28. The third kappa shape index (κ3) is 4.33. The second kappa shape index (κ2) is 8.60. The van der Waals surface area contributed by atoms with Gasteiger partial charge in [0.2, 0.25) is 11.8 Å². The number of rotatable bonds is 6. The summed E-state index contributed by atoms with van der Waals surface area (Å²) in [6.07, 6.45) is 4.99. The normalized spacial score (nSPS) is 15.1. The number of carbonyl (C=O) groups excluding carboxylic acids is 3. The molecule has 2 heterocycles. The summed E-state index contributed by atoms with van der Waals surface area (Å²) in [5.74, 6) is -0.174. The molecule has 2 N–H and O–H groups in total. The zero-order valence-electron chi connectivity index (χ0n) is 15.9. The summed E-state index contributed by atoms with van der Waals surface area (Å²) in [6.45, 7) is 2.20. The maximum atomic E-state index is 12.5. The quantitative estimate of drug-likeness (QED) is 0.796. The largest absolute Gasteiger partial charge is 0.495 e. The highest BCUT2D eigenvalue weighted by Gasteiger charge is 2.24. The lowest BCUT2D eigenvalue weighted by Crippen LogP contribution is -2.41. The lowest BCUT2D eigenvalue weighted by atomic mass is 10.1. The Morgan fingerprint density at radius 3 is 2.75 bits per heavy atom. The van der Waals surface area contributed by atoms with Gasteiger partial charge in [-0.05, 0) is 44.0 Å². The number of nitrogens with one attached hydrogen (secondary N) is 2. The molecule has 1 aromatic heterocycles. The average Bonchev–Trinajstić information content (AvgIpc) is 3.23. The molecule has 0 radical (unpaired) electrons. The Balaban J connectivity index is 1.71. The van der Waals surface area contributed by atoms with Crippen molar-refractivity contribution in [3.05, 3.63) is 42.4 Å². The van der Waals surface area contributed by atoms with Crippen molar-refractivity contribution in [2.45, 2.75) is 32.2 Å². The van der Waals surface area contributed by atoms with Crippen LogP contribution in [0.4, 0.5) is 11.4 Å². The molecule has 0 aliphatic carbocycles. The third-order valence-electron chi connectivity index (χ3n) is 4.58. The number of amides is 3. The topological polar surface area (TPSA) is 101 Å². The SMILES string of the molecule is COc1ccc(NC(=O)[C@H](C)NC(=O)c2ccoc2)cc1N1CCCCC1=O. The number of nitrogens with zero attached hydrogens (tertiary/aromatic N) is 1. The van der Waals surface area contributed by atoms with Gasteiger partial charge in [0.1, 0.15) is 18.1 Å². The molecule has 3 rings (SSSR count). The van der Waals surface area contributed by atoms with Gasteiger partial charge >= 0.3 is 0 Å². The van der Waals surface area contributed by atoms with Crippen molar-refractivity contribution in [2.24, 2.45) is 0 Å². The molecule has 2 aromatic rings. The minimum Gasteiger partial charge on any atom is -0.495 e. The standard InChI is InChI=1S/C20H23N3O5/c1-13(21-20(26)14-8-10-28-12-14)19(25)22-15-6-7-17(27-2)16(11-15)23-9-4-3-5-18(23)24/h6-8,10-13H,3-5,9H2,1-2H3,(H,21,26)(H,22,25)/t13-/m0/s1. The summed E-state index contributed by atoms with van der Waals surface area (Å²) < 4.78 is 10.2. The highest BCUT2D eigenvalue weighted by Crippen LogP contribution is 2.33. The van der Waals surface area contributed by atoms with E-state index in [0.717, 1.165) is 12.8 Å². The number of benzene rings is 1. The van der Waals surface area contributed by atoms with Crippen molar-refractivity contribution in [3.63, 3.8) is 0 Å². The van der Waals surface area contributed by atoms with Gasteiger partial charge in [-0.1, -0.05) is 0 Å². The van der Waals surface area contributed by atoms with E-state index in [4.69, 9.17) is 9.15 Å². The van der Waals surface area contributed by atoms with Crippen LogP contribution in [-0.2, 0) is 9.59 Å². The molecule has 148 valence electrons. The van der Waals surface area contributed by atoms with E-state index in [1.165, 1.54) is 18.6 Å². The van der Waals surface area contributed by atoms with Crippen LogP contribution in [0.1, 0.15) is 36.5 Å². The Morgan fingerprint density at radius 1 is 1.25 bits per heavy atom. The van der Waals surface area contributed by atoms with Crippen molar-refractivity contribution in [3.8, 4) is 5.75 Å². The predicted molar refractivity (Wildman–Crippen MR) is 103 cm³/mol. The van der Waals surface area contributed by atoms with Gasteiger partial charge in [-0.25, -0.2) is 0 Å². The number of methoxy groups -OCH3 is 1. The van der Waals surface area contributed by atoms with Gasteiger partial charge in [0.25, 0.3) is 5.91 Å². The second-order valence-corrected chi connectivity index (χ2v) is 6.59. The van der Waals surface area contributed by atoms with Crippen LogP contribution in [-0.4, -0.2) is 37.4 Å². The highest BCUT2D eigenvalue weighted by atomic mass is 16.5. The van der Waals surface area contributed by atoms with E-state index in [9.17, 15) is 14.4 Å². The van der Waals surface area contributed by atoms with Crippen molar-refractivity contribution in [2.75, 3.05) is 23.9 Å². The number of piperidine rings is 1. The molecule has 1 saturated heterocycles. The predicted octanol–water partition coefficient (Wildman–Crippen LogP) is 2.56. The fourth-order valence-corrected chi connectivity index (χ4v) is 3.03. The van der Waals surface area contributed by atoms with Gasteiger partial charge in [0.05, 0.1) is 24.6 Å². The summed E-state index contributed by atoms with van der Waals surface area (Å²) in [7, 11) is 1.54. The minimum atomic E-state index is -0.760. The zero-order valence-corrected chi connectivity index (χ0v) is 15.9. The molecule has 28 heavy (non-hydrogen) atoms. The van der Waals surface area contributed by atoms with Gasteiger partial charge in [-0.2, -0.15) is 0 Å². The van der Waals surface area contributed by atoms with E-state index in [-0.39, 0.29) is 11.8 Å². The molecule has 0 unspecified atom stereocenters. The van der Waals surface area contributed by atoms with Crippen LogP contribution in [0, 0.1) is 0 Å². The Labute approximate surface area is 162 Å². The third-order valence-corrected chi connectivity index (χ3v) is 4.58. The van der Waals surface area contributed by atoms with E-state index in [0.29, 0.717) is 35.7 Å². The van der Waals surface area contributed by atoms with Gasteiger partial charge in [0, 0.05) is 18.7 Å². The Kier molecular flexibility index (Phi) is 5.98. The van der Waals surface area contributed by atoms with E-state index < -0.39 is 11.9 Å². The van der Waals surface area contributed by atoms with E-state index in [1.54, 1.807) is 37.1 Å². The fraction of sp³-hybridized carbons (Fsp3) is 0.350. The first-order chi connectivity index (χ1) is 13.5. The zero-order chi connectivity index (χ0) is 20.1. The molecule has 8 heteroatoms. The molecule has 8 nitrogen and oxygen atoms in total. The molecule has 1 aromatic carbocycles. The van der Waals surface area contributed by atoms with Gasteiger partial charge in [-0.15, -0.1) is 0 Å². The second-order valence-electron chi connectivity index (χ2n) is 6.59. The number of hydrogen-bond donors (Lipinski definition) is 2. The molecular formula is C20H23N3O5. The van der Waals surface area contributed by atoms with Crippen LogP contribution in [0.3, 0.4) is 0 Å². The molecule has 1 aliphatic rings. The Hall–Kier alpha value is -3.29. The fourth-order valence-electron chi connectivity index (χ4n) is 3.03. The number of carbonyl (C=O) groups is 3. The smallest absolute Gasteiger partial charge is 0.255 e. The first-order valence-electron chi connectivity index (χ1n) is 9.12. The Bertz CT molecular complexity index is 863. The van der Waals surface area contributed by atoms with Crippen LogP contribution in [0.25, 0.3) is 0 Å². The minimum absolute atomic E-state index is 0.0359. The Morgan fingerprint density at radius 2 is 2.07 bits per heavy atom. The van der Waals surface area contributed by atoms with E-state index in [2.05, 4.69) is 10.6 Å². The molecule has 0 bridgehead atoms. The van der Waals surface area contributed by atoms with Gasteiger partial charge in [-0.3, -0.25) is 14.4 Å². The number of furan rings is 1. The van der Waals surface area contributed by atoms with Crippen molar-refractivity contribution < 1.29 is 23.5 Å². The summed E-state index contributed by atoms with van der Waals surface area (Å²) in [4.78, 5) is 38.5. The molecule has 1 atom stereocenters. The number of anilines is 2. The summed E-state index contributed by atoms with van der Waals surface area (Å²) in [5, 5.41) is 5.38. The lowest BCUT2D eigenvalue weighted by molar-refractivity contribution is -0.119. The maximum absolute atomic E-state index is 12.5.